The van der Waals surface area contributed by atoms with Crippen LogP contribution >= 0.6 is 0 Å². The first-order valence-corrected chi connectivity index (χ1v) is 10.2. The third-order valence-electron chi connectivity index (χ3n) is 6.03. The molecule has 4 heterocycles. The van der Waals surface area contributed by atoms with Gasteiger partial charge in [-0.1, -0.05) is 18.2 Å². The summed E-state index contributed by atoms with van der Waals surface area (Å²) in [4.78, 5) is 29.2. The first kappa shape index (κ1) is 19.2. The highest BCUT2D eigenvalue weighted by atomic mass is 19.1. The lowest BCUT2D eigenvalue weighted by molar-refractivity contribution is -0.181. The maximum atomic E-state index is 14.0. The van der Waals surface area contributed by atoms with Gasteiger partial charge >= 0.3 is 0 Å². The molecule has 0 saturated carbocycles. The van der Waals surface area contributed by atoms with Crippen LogP contribution < -0.4 is 0 Å². The number of likely N-dealkylation sites (tertiary alicyclic amines) is 1. The van der Waals surface area contributed by atoms with Crippen molar-refractivity contribution in [2.24, 2.45) is 0 Å². The van der Waals surface area contributed by atoms with Crippen LogP contribution in [0.2, 0.25) is 0 Å². The molecule has 2 amide bonds. The van der Waals surface area contributed by atoms with Crippen LogP contribution in [-0.4, -0.2) is 70.0 Å². The van der Waals surface area contributed by atoms with E-state index in [1.165, 1.54) is 6.07 Å². The molecule has 0 aliphatic carbocycles. The van der Waals surface area contributed by atoms with Gasteiger partial charge in [0.2, 0.25) is 0 Å². The van der Waals surface area contributed by atoms with Crippen molar-refractivity contribution < 1.29 is 23.5 Å². The van der Waals surface area contributed by atoms with Crippen LogP contribution in [-0.2, 0) is 22.6 Å². The fourth-order valence-electron chi connectivity index (χ4n) is 4.32. The maximum absolute atomic E-state index is 14.0. The predicted octanol–water partition coefficient (Wildman–Crippen LogP) is 1.66. The van der Waals surface area contributed by atoms with Gasteiger partial charge in [0.05, 0.1) is 19.8 Å². The van der Waals surface area contributed by atoms with Gasteiger partial charge in [-0.2, -0.15) is 5.10 Å². The molecule has 0 bridgehead atoms. The van der Waals surface area contributed by atoms with Crippen molar-refractivity contribution in [2.45, 2.75) is 31.7 Å². The van der Waals surface area contributed by atoms with Gasteiger partial charge in [-0.3, -0.25) is 14.3 Å². The van der Waals surface area contributed by atoms with Crippen molar-refractivity contribution in [3.05, 3.63) is 53.1 Å². The van der Waals surface area contributed by atoms with Gasteiger partial charge in [0.1, 0.15) is 11.5 Å². The minimum Gasteiger partial charge on any atom is -0.347 e. The zero-order valence-corrected chi connectivity index (χ0v) is 16.6. The van der Waals surface area contributed by atoms with E-state index in [2.05, 4.69) is 5.10 Å². The number of ether oxygens (including phenoxy) is 2. The van der Waals surface area contributed by atoms with Crippen molar-refractivity contribution in [1.82, 2.24) is 19.6 Å². The van der Waals surface area contributed by atoms with E-state index < -0.39 is 5.79 Å². The van der Waals surface area contributed by atoms with E-state index in [4.69, 9.17) is 9.47 Å². The second-order valence-corrected chi connectivity index (χ2v) is 7.86. The molecule has 5 rings (SSSR count). The van der Waals surface area contributed by atoms with Gasteiger partial charge in [-0.15, -0.1) is 0 Å². The summed E-state index contributed by atoms with van der Waals surface area (Å²) in [6.45, 7) is 3.29. The van der Waals surface area contributed by atoms with Gasteiger partial charge in [-0.25, -0.2) is 4.39 Å². The summed E-state index contributed by atoms with van der Waals surface area (Å²) in [6, 6.07) is 7.97. The van der Waals surface area contributed by atoms with Crippen LogP contribution in [0.15, 0.2) is 30.3 Å². The number of benzene rings is 1. The van der Waals surface area contributed by atoms with E-state index >= 15 is 0 Å². The number of nitrogens with zero attached hydrogens (tertiary/aromatic N) is 4. The molecule has 3 aliphatic heterocycles. The van der Waals surface area contributed by atoms with E-state index in [-0.39, 0.29) is 29.9 Å². The second-order valence-electron chi connectivity index (χ2n) is 7.86. The molecule has 8 nitrogen and oxygen atoms in total. The Morgan fingerprint density at radius 2 is 1.83 bits per heavy atom. The second kappa shape index (κ2) is 7.48. The lowest BCUT2D eigenvalue weighted by atomic mass is 10.0. The molecule has 2 saturated heterocycles. The number of aromatic nitrogens is 2. The van der Waals surface area contributed by atoms with Crippen LogP contribution in [0.1, 0.15) is 39.4 Å². The number of hydrogen-bond acceptors (Lipinski definition) is 5. The summed E-state index contributed by atoms with van der Waals surface area (Å²) in [5.41, 5.74) is 1.08. The Hall–Kier alpha value is -2.78. The van der Waals surface area contributed by atoms with Gasteiger partial charge in [0.25, 0.3) is 11.8 Å². The minimum atomic E-state index is -0.548. The van der Waals surface area contributed by atoms with Crippen LogP contribution in [0.3, 0.4) is 0 Å². The van der Waals surface area contributed by atoms with Crippen molar-refractivity contribution in [3.8, 4) is 0 Å². The van der Waals surface area contributed by atoms with Crippen LogP contribution in [0.5, 0.6) is 0 Å². The molecule has 0 N–H and O–H groups in total. The molecular weight excluding hydrogens is 391 g/mol. The highest BCUT2D eigenvalue weighted by Crippen LogP contribution is 2.31. The molecule has 3 aliphatic rings. The molecule has 1 aromatic carbocycles. The minimum absolute atomic E-state index is 0.189. The van der Waals surface area contributed by atoms with Gasteiger partial charge in [0, 0.05) is 50.7 Å². The molecule has 9 heteroatoms. The smallest absolute Gasteiger partial charge is 0.274 e. The Morgan fingerprint density at radius 1 is 1.10 bits per heavy atom. The Kier molecular flexibility index (Phi) is 4.79. The number of fused-ring (bicyclic) bond motifs is 1. The molecule has 0 atom stereocenters. The van der Waals surface area contributed by atoms with Gasteiger partial charge in [-0.05, 0) is 6.07 Å². The first-order valence-electron chi connectivity index (χ1n) is 10.2. The van der Waals surface area contributed by atoms with Crippen LogP contribution in [0.25, 0.3) is 0 Å². The summed E-state index contributed by atoms with van der Waals surface area (Å²) in [7, 11) is 0. The Labute approximate surface area is 173 Å². The van der Waals surface area contributed by atoms with E-state index in [1.807, 2.05) is 0 Å². The summed E-state index contributed by atoms with van der Waals surface area (Å²) in [6.07, 6.45) is 1.25. The van der Waals surface area contributed by atoms with E-state index in [9.17, 15) is 14.0 Å². The van der Waals surface area contributed by atoms with E-state index in [0.29, 0.717) is 63.5 Å². The zero-order valence-electron chi connectivity index (χ0n) is 16.6. The Morgan fingerprint density at radius 3 is 2.57 bits per heavy atom. The SMILES string of the molecule is O=C(c1cc2n(n1)CCN(Cc1ccccc1F)C2=O)N1CCC2(CC1)OCCO2. The quantitative estimate of drug-likeness (QED) is 0.764. The monoisotopic (exact) mass is 414 g/mol. The fraction of sp³-hybridized carbons (Fsp3) is 0.476. The highest BCUT2D eigenvalue weighted by molar-refractivity contribution is 5.98. The fourth-order valence-corrected chi connectivity index (χ4v) is 4.32. The van der Waals surface area contributed by atoms with Crippen LogP contribution in [0.4, 0.5) is 4.39 Å². The third-order valence-corrected chi connectivity index (χ3v) is 6.03. The molecule has 1 spiro atoms. The molecule has 158 valence electrons. The highest BCUT2D eigenvalue weighted by Gasteiger charge is 2.41. The van der Waals surface area contributed by atoms with Crippen molar-refractivity contribution in [1.29, 1.82) is 0 Å². The molecule has 30 heavy (non-hydrogen) atoms. The molecule has 2 aromatic rings. The number of hydrogen-bond donors (Lipinski definition) is 0. The number of rotatable bonds is 3. The number of carbonyl (C=O) groups excluding carboxylic acids is 2. The zero-order chi connectivity index (χ0) is 20.7. The molecular formula is C21H23FN4O4. The van der Waals surface area contributed by atoms with Crippen molar-refractivity contribution >= 4 is 11.8 Å². The average molecular weight is 414 g/mol. The molecule has 1 aromatic heterocycles. The first-order chi connectivity index (χ1) is 14.5. The number of piperidine rings is 1. The van der Waals surface area contributed by atoms with Gasteiger partial charge < -0.3 is 19.3 Å². The summed E-state index contributed by atoms with van der Waals surface area (Å²) in [5, 5.41) is 4.37. The predicted molar refractivity (Wildman–Crippen MR) is 103 cm³/mol. The van der Waals surface area contributed by atoms with Gasteiger partial charge in [0.15, 0.2) is 11.5 Å². The maximum Gasteiger partial charge on any atom is 0.274 e. The third kappa shape index (κ3) is 3.37. The topological polar surface area (TPSA) is 76.9 Å². The largest absolute Gasteiger partial charge is 0.347 e. The lowest BCUT2D eigenvalue weighted by Gasteiger charge is -2.37. The van der Waals surface area contributed by atoms with E-state index in [1.54, 1.807) is 38.7 Å². The van der Waals surface area contributed by atoms with E-state index in [0.717, 1.165) is 0 Å². The van der Waals surface area contributed by atoms with Crippen molar-refractivity contribution in [2.75, 3.05) is 32.8 Å². The number of carbonyl (C=O) groups is 2. The molecule has 0 unspecified atom stereocenters. The Bertz CT molecular complexity index is 975. The number of halogens is 1. The summed E-state index contributed by atoms with van der Waals surface area (Å²) in [5.74, 6) is -1.33. The van der Waals surface area contributed by atoms with Crippen LogP contribution in [0, 0.1) is 5.82 Å². The summed E-state index contributed by atoms with van der Waals surface area (Å²) >= 11 is 0. The Balaban J connectivity index is 1.28. The normalized spacial score (nSPS) is 20.6. The standard InChI is InChI=1S/C21H23FN4O4/c22-16-4-2-1-3-15(16)14-25-9-10-26-18(20(25)28)13-17(23-26)19(27)24-7-5-21(6-8-24)29-11-12-30-21/h1-4,13H,5-12,14H2. The lowest BCUT2D eigenvalue weighted by Crippen LogP contribution is -2.47. The average Bonchev–Trinajstić information content (AvgIpc) is 3.39. The van der Waals surface area contributed by atoms with Crippen molar-refractivity contribution in [3.63, 3.8) is 0 Å². The molecule has 2 fully saturated rings. The molecule has 0 radical (unpaired) electrons. The number of amides is 2. The summed E-state index contributed by atoms with van der Waals surface area (Å²) < 4.78 is 27.0.